The number of aromatic nitrogens is 1. The van der Waals surface area contributed by atoms with E-state index in [-0.39, 0.29) is 5.56 Å². The SMILES string of the molecule is COc1cc(N2CN=c3sc(=Cc4ccco4)c(=O)n3C2)cc(OC)c1OC. The van der Waals surface area contributed by atoms with Crippen molar-refractivity contribution in [3.05, 3.63) is 56.0 Å². The van der Waals surface area contributed by atoms with Gasteiger partial charge in [-0.1, -0.05) is 11.3 Å². The third-order valence-corrected chi connectivity index (χ3v) is 5.45. The first-order valence-electron chi connectivity index (χ1n) is 8.49. The molecule has 0 radical (unpaired) electrons. The molecule has 28 heavy (non-hydrogen) atoms. The zero-order valence-corrected chi connectivity index (χ0v) is 16.5. The quantitative estimate of drug-likeness (QED) is 0.643. The summed E-state index contributed by atoms with van der Waals surface area (Å²) in [5.74, 6) is 2.25. The fourth-order valence-corrected chi connectivity index (χ4v) is 3.97. The lowest BCUT2D eigenvalue weighted by Crippen LogP contribution is -2.42. The van der Waals surface area contributed by atoms with Crippen LogP contribution in [0.3, 0.4) is 0 Å². The Morgan fingerprint density at radius 3 is 2.54 bits per heavy atom. The molecule has 0 aliphatic carbocycles. The van der Waals surface area contributed by atoms with E-state index in [4.69, 9.17) is 18.6 Å². The molecule has 1 aliphatic heterocycles. The predicted molar refractivity (Wildman–Crippen MR) is 105 cm³/mol. The molecular weight excluding hydrogens is 382 g/mol. The Labute approximate surface area is 164 Å². The Balaban J connectivity index is 1.72. The van der Waals surface area contributed by atoms with E-state index in [1.54, 1.807) is 44.3 Å². The molecule has 9 heteroatoms. The van der Waals surface area contributed by atoms with E-state index in [1.807, 2.05) is 23.1 Å². The highest BCUT2D eigenvalue weighted by atomic mass is 32.1. The van der Waals surface area contributed by atoms with E-state index < -0.39 is 0 Å². The molecule has 2 aromatic heterocycles. The Morgan fingerprint density at radius 2 is 1.93 bits per heavy atom. The first kappa shape index (κ1) is 18.2. The van der Waals surface area contributed by atoms with Gasteiger partial charge in [-0.15, -0.1) is 0 Å². The average Bonchev–Trinajstić information content (AvgIpc) is 3.35. The molecule has 146 valence electrons. The largest absolute Gasteiger partial charge is 0.493 e. The van der Waals surface area contributed by atoms with Gasteiger partial charge in [0.05, 0.1) is 32.1 Å². The number of nitrogens with zero attached hydrogens (tertiary/aromatic N) is 3. The third-order valence-electron chi connectivity index (χ3n) is 4.41. The molecule has 0 saturated heterocycles. The number of ether oxygens (including phenoxy) is 3. The number of anilines is 1. The van der Waals surface area contributed by atoms with E-state index in [0.29, 0.717) is 45.7 Å². The monoisotopic (exact) mass is 401 g/mol. The summed E-state index contributed by atoms with van der Waals surface area (Å²) in [5, 5.41) is 0. The summed E-state index contributed by atoms with van der Waals surface area (Å²) in [6.07, 6.45) is 3.31. The fourth-order valence-electron chi connectivity index (χ4n) is 3.03. The second-order valence-corrected chi connectivity index (χ2v) is 7.02. The van der Waals surface area contributed by atoms with Gasteiger partial charge in [0, 0.05) is 23.9 Å². The number of benzene rings is 1. The summed E-state index contributed by atoms with van der Waals surface area (Å²) in [6, 6.07) is 7.28. The van der Waals surface area contributed by atoms with Gasteiger partial charge in [-0.25, -0.2) is 4.99 Å². The Bertz CT molecular complexity index is 1140. The summed E-state index contributed by atoms with van der Waals surface area (Å²) in [7, 11) is 4.70. The lowest BCUT2D eigenvalue weighted by Gasteiger charge is -2.27. The molecule has 0 spiro atoms. The van der Waals surface area contributed by atoms with Crippen LogP contribution >= 0.6 is 11.3 Å². The Morgan fingerprint density at radius 1 is 1.18 bits per heavy atom. The van der Waals surface area contributed by atoms with Gasteiger partial charge in [0.25, 0.3) is 5.56 Å². The van der Waals surface area contributed by atoms with Crippen molar-refractivity contribution in [1.29, 1.82) is 0 Å². The minimum atomic E-state index is -0.0997. The van der Waals surface area contributed by atoms with E-state index in [9.17, 15) is 4.79 Å². The van der Waals surface area contributed by atoms with Crippen LogP contribution in [0.25, 0.3) is 6.08 Å². The zero-order valence-electron chi connectivity index (χ0n) is 15.7. The molecule has 0 unspecified atom stereocenters. The summed E-state index contributed by atoms with van der Waals surface area (Å²) >= 11 is 1.35. The van der Waals surface area contributed by atoms with Crippen molar-refractivity contribution in [2.45, 2.75) is 6.67 Å². The summed E-state index contributed by atoms with van der Waals surface area (Å²) in [4.78, 5) is 20.0. The minimum absolute atomic E-state index is 0.0997. The van der Waals surface area contributed by atoms with Crippen LogP contribution in [0.4, 0.5) is 5.69 Å². The van der Waals surface area contributed by atoms with Gasteiger partial charge in [-0.3, -0.25) is 9.36 Å². The number of hydrogen-bond acceptors (Lipinski definition) is 8. The maximum atomic E-state index is 12.8. The summed E-state index contributed by atoms with van der Waals surface area (Å²) in [5.41, 5.74) is 0.718. The Kier molecular flexibility index (Phi) is 4.82. The molecule has 8 nitrogen and oxygen atoms in total. The minimum Gasteiger partial charge on any atom is -0.493 e. The molecule has 0 bridgehead atoms. The summed E-state index contributed by atoms with van der Waals surface area (Å²) < 4.78 is 23.8. The maximum Gasteiger partial charge on any atom is 0.271 e. The lowest BCUT2D eigenvalue weighted by atomic mass is 10.2. The number of furan rings is 1. The highest BCUT2D eigenvalue weighted by molar-refractivity contribution is 7.07. The average molecular weight is 401 g/mol. The van der Waals surface area contributed by atoms with Crippen molar-refractivity contribution < 1.29 is 18.6 Å². The molecule has 0 saturated carbocycles. The smallest absolute Gasteiger partial charge is 0.271 e. The van der Waals surface area contributed by atoms with Crippen molar-refractivity contribution in [3.63, 3.8) is 0 Å². The van der Waals surface area contributed by atoms with Crippen LogP contribution in [0, 0.1) is 0 Å². The third kappa shape index (κ3) is 3.13. The fraction of sp³-hybridized carbons (Fsp3) is 0.263. The van der Waals surface area contributed by atoms with Crippen LogP contribution in [0.5, 0.6) is 17.2 Å². The summed E-state index contributed by atoms with van der Waals surface area (Å²) in [6.45, 7) is 0.789. The van der Waals surface area contributed by atoms with Gasteiger partial charge in [0.1, 0.15) is 19.1 Å². The highest BCUT2D eigenvalue weighted by Crippen LogP contribution is 2.41. The number of fused-ring (bicyclic) bond motifs is 1. The van der Waals surface area contributed by atoms with Crippen molar-refractivity contribution in [1.82, 2.24) is 4.57 Å². The Hall–Kier alpha value is -3.20. The van der Waals surface area contributed by atoms with Gasteiger partial charge in [0.15, 0.2) is 16.3 Å². The van der Waals surface area contributed by atoms with Gasteiger partial charge >= 0.3 is 0 Å². The molecule has 0 amide bonds. The second-order valence-electron chi connectivity index (χ2n) is 6.01. The van der Waals surface area contributed by atoms with Crippen molar-refractivity contribution >= 4 is 23.1 Å². The molecule has 3 heterocycles. The van der Waals surface area contributed by atoms with E-state index in [0.717, 1.165) is 5.69 Å². The van der Waals surface area contributed by atoms with Crippen LogP contribution in [-0.2, 0) is 6.67 Å². The molecule has 3 aromatic rings. The zero-order chi connectivity index (χ0) is 19.7. The first-order chi connectivity index (χ1) is 13.6. The molecule has 4 rings (SSSR count). The van der Waals surface area contributed by atoms with E-state index in [1.165, 1.54) is 11.3 Å². The van der Waals surface area contributed by atoms with Crippen LogP contribution in [0.15, 0.2) is 44.7 Å². The van der Waals surface area contributed by atoms with Gasteiger partial charge in [-0.2, -0.15) is 0 Å². The van der Waals surface area contributed by atoms with E-state index >= 15 is 0 Å². The molecule has 0 atom stereocenters. The highest BCUT2D eigenvalue weighted by Gasteiger charge is 2.20. The number of rotatable bonds is 5. The maximum absolute atomic E-state index is 12.8. The number of thiazole rings is 1. The predicted octanol–water partition coefficient (Wildman–Crippen LogP) is 1.41. The molecular formula is C19H19N3O5S. The van der Waals surface area contributed by atoms with Crippen molar-refractivity contribution in [3.8, 4) is 17.2 Å². The number of methoxy groups -OCH3 is 3. The molecule has 1 aromatic carbocycles. The first-order valence-corrected chi connectivity index (χ1v) is 9.30. The molecule has 0 fully saturated rings. The van der Waals surface area contributed by atoms with Gasteiger partial charge in [0.2, 0.25) is 5.75 Å². The topological polar surface area (TPSA) is 78.4 Å². The van der Waals surface area contributed by atoms with Crippen LogP contribution < -0.4 is 34.0 Å². The lowest BCUT2D eigenvalue weighted by molar-refractivity contribution is 0.324. The van der Waals surface area contributed by atoms with Crippen LogP contribution in [-0.4, -0.2) is 32.6 Å². The van der Waals surface area contributed by atoms with Crippen LogP contribution in [0.2, 0.25) is 0 Å². The molecule has 0 N–H and O–H groups in total. The standard InChI is InChI=1S/C19H19N3O5S/c1-24-14-7-12(8-15(25-2)17(14)26-3)21-10-20-19-22(11-21)18(23)16(28-19)9-13-5-4-6-27-13/h4-9H,10-11H2,1-3H3. The van der Waals surface area contributed by atoms with Crippen LogP contribution in [0.1, 0.15) is 5.76 Å². The second kappa shape index (κ2) is 7.43. The number of hydrogen-bond donors (Lipinski definition) is 0. The van der Waals surface area contributed by atoms with Gasteiger partial charge in [-0.05, 0) is 12.1 Å². The van der Waals surface area contributed by atoms with E-state index in [2.05, 4.69) is 4.99 Å². The molecule has 1 aliphatic rings. The normalized spacial score (nSPS) is 13.8. The van der Waals surface area contributed by atoms with Gasteiger partial charge < -0.3 is 23.5 Å². The van der Waals surface area contributed by atoms with Crippen molar-refractivity contribution in [2.24, 2.45) is 4.99 Å². The van der Waals surface area contributed by atoms with Crippen molar-refractivity contribution in [2.75, 3.05) is 32.9 Å².